The lowest BCUT2D eigenvalue weighted by atomic mass is 10.2. The fourth-order valence-corrected chi connectivity index (χ4v) is 0.370. The van der Waals surface area contributed by atoms with E-state index in [-0.39, 0.29) is 11.3 Å². The summed E-state index contributed by atoms with van der Waals surface area (Å²) in [7, 11) is 1.17. The SMILES string of the molecule is C=C(CC)C(=O)O.C=C(N=C=O)C(=O)OC. The number of hydrogen-bond donors (Lipinski definition) is 1. The van der Waals surface area contributed by atoms with Crippen molar-refractivity contribution in [1.29, 1.82) is 0 Å². The molecule has 0 heterocycles. The summed E-state index contributed by atoms with van der Waals surface area (Å²) >= 11 is 0. The second-order valence-electron chi connectivity index (χ2n) is 2.40. The molecule has 16 heavy (non-hydrogen) atoms. The fraction of sp³-hybridized carbons (Fsp3) is 0.300. The molecule has 0 amide bonds. The smallest absolute Gasteiger partial charge is 0.356 e. The summed E-state index contributed by atoms with van der Waals surface area (Å²) in [5, 5.41) is 8.08. The molecule has 0 aliphatic carbocycles. The Morgan fingerprint density at radius 3 is 2.12 bits per heavy atom. The predicted molar refractivity (Wildman–Crippen MR) is 56.3 cm³/mol. The van der Waals surface area contributed by atoms with Crippen LogP contribution in [0.3, 0.4) is 0 Å². The van der Waals surface area contributed by atoms with Crippen molar-refractivity contribution in [1.82, 2.24) is 0 Å². The molecule has 1 N–H and O–H groups in total. The number of nitrogens with zero attached hydrogens (tertiary/aromatic N) is 1. The highest BCUT2D eigenvalue weighted by atomic mass is 16.5. The average molecular weight is 227 g/mol. The molecular formula is C10H13NO5. The molecule has 0 rings (SSSR count). The Hall–Kier alpha value is -2.20. The number of carbonyl (C=O) groups is 2. The molecule has 88 valence electrons. The molecule has 0 atom stereocenters. The Kier molecular flexibility index (Phi) is 9.50. The number of esters is 1. The van der Waals surface area contributed by atoms with Gasteiger partial charge >= 0.3 is 11.9 Å². The molecule has 0 bridgehead atoms. The van der Waals surface area contributed by atoms with Crippen molar-refractivity contribution in [2.75, 3.05) is 7.11 Å². The van der Waals surface area contributed by atoms with Crippen molar-refractivity contribution < 1.29 is 24.2 Å². The van der Waals surface area contributed by atoms with Gasteiger partial charge in [-0.15, -0.1) is 0 Å². The quantitative estimate of drug-likeness (QED) is 0.335. The van der Waals surface area contributed by atoms with E-state index in [1.165, 1.54) is 7.11 Å². The molecule has 0 aromatic rings. The molecule has 0 aromatic heterocycles. The molecule has 0 unspecified atom stereocenters. The van der Waals surface area contributed by atoms with Crippen molar-refractivity contribution in [3.05, 3.63) is 24.4 Å². The molecule has 0 aliphatic heterocycles. The van der Waals surface area contributed by atoms with Crippen molar-refractivity contribution in [2.45, 2.75) is 13.3 Å². The second kappa shape index (κ2) is 9.36. The Labute approximate surface area is 92.9 Å². The largest absolute Gasteiger partial charge is 0.478 e. The van der Waals surface area contributed by atoms with Crippen molar-refractivity contribution in [3.63, 3.8) is 0 Å². The number of aliphatic carboxylic acids is 1. The number of methoxy groups -OCH3 is 1. The van der Waals surface area contributed by atoms with Gasteiger partial charge in [-0.3, -0.25) is 0 Å². The molecule has 0 radical (unpaired) electrons. The first-order valence-corrected chi connectivity index (χ1v) is 4.16. The predicted octanol–water partition coefficient (Wildman–Crippen LogP) is 1.05. The lowest BCUT2D eigenvalue weighted by molar-refractivity contribution is -0.136. The lowest BCUT2D eigenvalue weighted by Gasteiger charge is -1.91. The molecule has 0 aromatic carbocycles. The summed E-state index contributed by atoms with van der Waals surface area (Å²) in [6, 6.07) is 0. The summed E-state index contributed by atoms with van der Waals surface area (Å²) in [6.07, 6.45) is 1.68. The zero-order valence-corrected chi connectivity index (χ0v) is 9.15. The number of rotatable bonds is 4. The molecule has 0 spiro atoms. The highest BCUT2D eigenvalue weighted by Gasteiger charge is 2.02. The normalized spacial score (nSPS) is 7.62. The van der Waals surface area contributed by atoms with Crippen LogP contribution in [0.25, 0.3) is 0 Å². The van der Waals surface area contributed by atoms with Crippen molar-refractivity contribution in [2.24, 2.45) is 4.99 Å². The third kappa shape index (κ3) is 8.40. The van der Waals surface area contributed by atoms with Crippen molar-refractivity contribution >= 4 is 18.0 Å². The van der Waals surface area contributed by atoms with Gasteiger partial charge in [-0.1, -0.05) is 20.1 Å². The number of carbonyl (C=O) groups excluding carboxylic acids is 2. The van der Waals surface area contributed by atoms with E-state index in [1.54, 1.807) is 6.92 Å². The first-order chi connectivity index (χ1) is 7.40. The number of carboxylic acids is 1. The minimum atomic E-state index is -0.900. The summed E-state index contributed by atoms with van der Waals surface area (Å²) < 4.78 is 4.15. The van der Waals surface area contributed by atoms with Crippen molar-refractivity contribution in [3.8, 4) is 0 Å². The van der Waals surface area contributed by atoms with Gasteiger partial charge in [-0.2, -0.15) is 4.99 Å². The van der Waals surface area contributed by atoms with Gasteiger partial charge in [-0.25, -0.2) is 14.4 Å². The average Bonchev–Trinajstić information content (AvgIpc) is 2.27. The van der Waals surface area contributed by atoms with E-state index in [0.717, 1.165) is 6.08 Å². The first-order valence-electron chi connectivity index (χ1n) is 4.16. The first kappa shape index (κ1) is 16.2. The number of isocyanates is 1. The van der Waals surface area contributed by atoms with Gasteiger partial charge in [0, 0.05) is 5.57 Å². The molecule has 6 heteroatoms. The van der Waals surface area contributed by atoms with Gasteiger partial charge in [0.1, 0.15) is 0 Å². The summed E-state index contributed by atoms with van der Waals surface area (Å²) in [5.74, 6) is -1.62. The monoisotopic (exact) mass is 227 g/mol. The molecular weight excluding hydrogens is 214 g/mol. The van der Waals surface area contributed by atoms with Gasteiger partial charge < -0.3 is 9.84 Å². The van der Waals surface area contributed by atoms with Crippen LogP contribution in [0.2, 0.25) is 0 Å². The van der Waals surface area contributed by atoms with Crippen LogP contribution in [0.1, 0.15) is 13.3 Å². The summed E-state index contributed by atoms with van der Waals surface area (Å²) in [4.78, 5) is 32.5. The molecule has 0 saturated carbocycles. The van der Waals surface area contributed by atoms with Gasteiger partial charge in [0.2, 0.25) is 6.08 Å². The topological polar surface area (TPSA) is 93.0 Å². The van der Waals surface area contributed by atoms with Crippen LogP contribution in [0.15, 0.2) is 29.4 Å². The molecule has 0 saturated heterocycles. The summed E-state index contributed by atoms with van der Waals surface area (Å²) in [6.45, 7) is 8.14. The van der Waals surface area contributed by atoms with Crippen LogP contribution < -0.4 is 0 Å². The van der Waals surface area contributed by atoms with Gasteiger partial charge in [0.05, 0.1) is 7.11 Å². The molecule has 0 aliphatic rings. The zero-order valence-electron chi connectivity index (χ0n) is 9.15. The van der Waals surface area contributed by atoms with Gasteiger partial charge in [0.25, 0.3) is 0 Å². The maximum Gasteiger partial charge on any atom is 0.356 e. The van der Waals surface area contributed by atoms with E-state index >= 15 is 0 Å². The Morgan fingerprint density at radius 1 is 1.44 bits per heavy atom. The van der Waals surface area contributed by atoms with E-state index in [9.17, 15) is 14.4 Å². The lowest BCUT2D eigenvalue weighted by Crippen LogP contribution is -2.00. The highest BCUT2D eigenvalue weighted by Crippen LogP contribution is 1.93. The Bertz CT molecular complexity index is 339. The zero-order chi connectivity index (χ0) is 13.1. The number of hydrogen-bond acceptors (Lipinski definition) is 5. The van der Waals surface area contributed by atoms with E-state index < -0.39 is 11.9 Å². The van der Waals surface area contributed by atoms with E-state index in [4.69, 9.17) is 5.11 Å². The van der Waals surface area contributed by atoms with Gasteiger partial charge in [-0.05, 0) is 6.42 Å². The Morgan fingerprint density at radius 2 is 1.94 bits per heavy atom. The summed E-state index contributed by atoms with van der Waals surface area (Å²) in [5.41, 5.74) is 0.0208. The third-order valence-corrected chi connectivity index (χ3v) is 1.33. The maximum absolute atomic E-state index is 10.3. The third-order valence-electron chi connectivity index (χ3n) is 1.33. The van der Waals surface area contributed by atoms with Crippen LogP contribution in [-0.4, -0.2) is 30.2 Å². The fourth-order valence-electron chi connectivity index (χ4n) is 0.370. The minimum Gasteiger partial charge on any atom is -0.478 e. The number of ether oxygens (including phenoxy) is 1. The van der Waals surface area contributed by atoms with E-state index in [0.29, 0.717) is 6.42 Å². The Balaban J connectivity index is 0. The molecule has 6 nitrogen and oxygen atoms in total. The second-order valence-corrected chi connectivity index (χ2v) is 2.40. The maximum atomic E-state index is 10.3. The van der Waals surface area contributed by atoms with E-state index in [2.05, 4.69) is 22.9 Å². The van der Waals surface area contributed by atoms with Crippen LogP contribution >= 0.6 is 0 Å². The van der Waals surface area contributed by atoms with Crippen LogP contribution in [-0.2, 0) is 19.1 Å². The van der Waals surface area contributed by atoms with Crippen LogP contribution in [0.5, 0.6) is 0 Å². The minimum absolute atomic E-state index is 0.243. The standard InChI is InChI=1S/C5H5NO3.C5H8O2/c1-4(6-3-7)5(8)9-2;1-3-4(2)5(6)7/h1H2,2H3;2-3H2,1H3,(H,6,7). The van der Waals surface area contributed by atoms with E-state index in [1.807, 2.05) is 0 Å². The van der Waals surface area contributed by atoms with Gasteiger partial charge in [0.15, 0.2) is 5.70 Å². The number of carboxylic acid groups (broad SMARTS) is 1. The van der Waals surface area contributed by atoms with Crippen LogP contribution in [0, 0.1) is 0 Å². The highest BCUT2D eigenvalue weighted by molar-refractivity contribution is 5.88. The molecule has 0 fully saturated rings. The van der Waals surface area contributed by atoms with Crippen LogP contribution in [0.4, 0.5) is 0 Å². The number of aliphatic imine (C=N–C) groups is 1.